The summed E-state index contributed by atoms with van der Waals surface area (Å²) in [5.74, 6) is 0.265. The Labute approximate surface area is 114 Å². The Bertz CT molecular complexity index is 560. The van der Waals surface area contributed by atoms with Gasteiger partial charge in [0.05, 0.1) is 17.7 Å². The van der Waals surface area contributed by atoms with Crippen molar-refractivity contribution in [3.05, 3.63) is 35.4 Å². The third kappa shape index (κ3) is 2.18. The number of benzene rings is 1. The fraction of sp³-hybridized carbons (Fsp3) is 0.500. The van der Waals surface area contributed by atoms with Crippen LogP contribution in [-0.4, -0.2) is 17.5 Å². The van der Waals surface area contributed by atoms with E-state index in [0.29, 0.717) is 12.2 Å². The summed E-state index contributed by atoms with van der Waals surface area (Å²) < 4.78 is 0. The largest absolute Gasteiger partial charge is 0.306 e. The standard InChI is InChI=1S/C16H20N2O/c1-10-5-4-6-11(7-10)15-14-12(17-18-15)8-16(2,3)9-13(14)19/h4-7,12,14,17H,8-9H2,1-3H3/t12-,14+/m1/s1. The van der Waals surface area contributed by atoms with Gasteiger partial charge in [0, 0.05) is 6.42 Å². The number of nitrogens with one attached hydrogen (secondary N) is 1. The van der Waals surface area contributed by atoms with E-state index < -0.39 is 0 Å². The summed E-state index contributed by atoms with van der Waals surface area (Å²) in [6, 6.07) is 8.42. The average molecular weight is 256 g/mol. The molecule has 1 fully saturated rings. The summed E-state index contributed by atoms with van der Waals surface area (Å²) in [7, 11) is 0. The first-order valence-electron chi connectivity index (χ1n) is 6.89. The summed E-state index contributed by atoms with van der Waals surface area (Å²) in [6.07, 6.45) is 1.66. The van der Waals surface area contributed by atoms with Crippen LogP contribution in [0.25, 0.3) is 0 Å². The van der Waals surface area contributed by atoms with Gasteiger partial charge in [-0.1, -0.05) is 43.7 Å². The molecule has 3 rings (SSSR count). The highest BCUT2D eigenvalue weighted by atomic mass is 16.1. The second kappa shape index (κ2) is 4.19. The molecule has 1 aromatic rings. The molecule has 0 saturated heterocycles. The number of rotatable bonds is 1. The summed E-state index contributed by atoms with van der Waals surface area (Å²) in [5, 5.41) is 4.45. The summed E-state index contributed by atoms with van der Waals surface area (Å²) in [5.41, 5.74) is 6.47. The molecule has 2 atom stereocenters. The second-order valence-electron chi connectivity index (χ2n) is 6.59. The number of Topliss-reactive ketones (excluding diaryl/α,β-unsaturated/α-hetero) is 1. The molecule has 19 heavy (non-hydrogen) atoms. The van der Waals surface area contributed by atoms with Crippen molar-refractivity contribution in [2.45, 2.75) is 39.7 Å². The monoisotopic (exact) mass is 256 g/mol. The molecule has 0 aromatic heterocycles. The molecule has 0 bridgehead atoms. The Kier molecular flexibility index (Phi) is 2.73. The van der Waals surface area contributed by atoms with Gasteiger partial charge in [0.1, 0.15) is 5.78 Å². The third-order valence-electron chi connectivity index (χ3n) is 4.13. The number of aryl methyl sites for hydroxylation is 1. The summed E-state index contributed by atoms with van der Waals surface area (Å²) in [4.78, 5) is 12.4. The Morgan fingerprint density at radius 2 is 2.16 bits per heavy atom. The van der Waals surface area contributed by atoms with Crippen LogP contribution in [0.15, 0.2) is 29.4 Å². The number of nitrogens with zero attached hydrogens (tertiary/aromatic N) is 1. The molecule has 1 aliphatic carbocycles. The van der Waals surface area contributed by atoms with Crippen molar-refractivity contribution in [1.82, 2.24) is 5.43 Å². The topological polar surface area (TPSA) is 41.5 Å². The van der Waals surface area contributed by atoms with Gasteiger partial charge in [-0.2, -0.15) is 5.10 Å². The van der Waals surface area contributed by atoms with E-state index in [1.807, 2.05) is 12.1 Å². The van der Waals surface area contributed by atoms with Crippen molar-refractivity contribution >= 4 is 11.5 Å². The van der Waals surface area contributed by atoms with Crippen LogP contribution < -0.4 is 5.43 Å². The molecule has 1 heterocycles. The van der Waals surface area contributed by atoms with Crippen molar-refractivity contribution in [2.75, 3.05) is 0 Å². The van der Waals surface area contributed by atoms with Gasteiger partial charge in [0.15, 0.2) is 0 Å². The van der Waals surface area contributed by atoms with Crippen LogP contribution in [0.1, 0.15) is 37.8 Å². The Hall–Kier alpha value is -1.64. The van der Waals surface area contributed by atoms with E-state index in [2.05, 4.69) is 43.4 Å². The molecule has 3 nitrogen and oxygen atoms in total. The normalized spacial score (nSPS) is 28.6. The van der Waals surface area contributed by atoms with Crippen molar-refractivity contribution < 1.29 is 4.79 Å². The van der Waals surface area contributed by atoms with Gasteiger partial charge in [-0.15, -0.1) is 0 Å². The van der Waals surface area contributed by atoms with Gasteiger partial charge in [-0.05, 0) is 24.3 Å². The molecule has 1 N–H and O–H groups in total. The van der Waals surface area contributed by atoms with E-state index in [4.69, 9.17) is 0 Å². The first kappa shape index (κ1) is 12.4. The Balaban J connectivity index is 1.93. The van der Waals surface area contributed by atoms with Crippen molar-refractivity contribution in [1.29, 1.82) is 0 Å². The average Bonchev–Trinajstić information content (AvgIpc) is 2.71. The van der Waals surface area contributed by atoms with Crippen molar-refractivity contribution in [3.63, 3.8) is 0 Å². The first-order chi connectivity index (χ1) is 8.96. The zero-order chi connectivity index (χ0) is 13.6. The highest BCUT2D eigenvalue weighted by Gasteiger charge is 2.46. The number of hydrogen-bond acceptors (Lipinski definition) is 3. The van der Waals surface area contributed by atoms with Crippen LogP contribution >= 0.6 is 0 Å². The number of carbonyl (C=O) groups excluding carboxylic acids is 1. The lowest BCUT2D eigenvalue weighted by molar-refractivity contribution is -0.126. The molecule has 0 amide bonds. The Morgan fingerprint density at radius 1 is 1.37 bits per heavy atom. The third-order valence-corrected chi connectivity index (χ3v) is 4.13. The molecule has 1 saturated carbocycles. The van der Waals surface area contributed by atoms with Gasteiger partial charge in [0.2, 0.25) is 0 Å². The quantitative estimate of drug-likeness (QED) is 0.839. The molecule has 2 aliphatic rings. The van der Waals surface area contributed by atoms with Crippen LogP contribution in [0.5, 0.6) is 0 Å². The predicted octanol–water partition coefficient (Wildman–Crippen LogP) is 2.68. The molecular weight excluding hydrogens is 236 g/mol. The molecular formula is C16H20N2O. The minimum Gasteiger partial charge on any atom is -0.306 e. The maximum atomic E-state index is 12.4. The molecule has 1 aromatic carbocycles. The van der Waals surface area contributed by atoms with E-state index >= 15 is 0 Å². The maximum absolute atomic E-state index is 12.4. The fourth-order valence-electron chi connectivity index (χ4n) is 3.33. The van der Waals surface area contributed by atoms with Crippen LogP contribution in [0.4, 0.5) is 0 Å². The minimum absolute atomic E-state index is 0.0603. The number of carbonyl (C=O) groups is 1. The van der Waals surface area contributed by atoms with E-state index in [-0.39, 0.29) is 17.4 Å². The van der Waals surface area contributed by atoms with Gasteiger partial charge in [0.25, 0.3) is 0 Å². The SMILES string of the molecule is Cc1cccc(C2=NN[C@@H]3CC(C)(C)CC(=O)[C@@H]23)c1. The summed E-state index contributed by atoms with van der Waals surface area (Å²) in [6.45, 7) is 6.39. The van der Waals surface area contributed by atoms with Gasteiger partial charge in [-0.3, -0.25) is 4.79 Å². The Morgan fingerprint density at radius 3 is 2.89 bits per heavy atom. The van der Waals surface area contributed by atoms with Crippen LogP contribution in [0.2, 0.25) is 0 Å². The molecule has 1 aliphatic heterocycles. The van der Waals surface area contributed by atoms with E-state index in [1.165, 1.54) is 5.56 Å². The molecule has 3 heteroatoms. The van der Waals surface area contributed by atoms with Gasteiger partial charge >= 0.3 is 0 Å². The molecule has 0 spiro atoms. The highest BCUT2D eigenvalue weighted by Crippen LogP contribution is 2.39. The molecule has 0 radical (unpaired) electrons. The van der Waals surface area contributed by atoms with E-state index in [1.54, 1.807) is 0 Å². The van der Waals surface area contributed by atoms with E-state index in [0.717, 1.165) is 17.7 Å². The lowest BCUT2D eigenvalue weighted by atomic mass is 9.68. The minimum atomic E-state index is -0.0603. The maximum Gasteiger partial charge on any atom is 0.144 e. The zero-order valence-corrected chi connectivity index (χ0v) is 11.7. The smallest absolute Gasteiger partial charge is 0.144 e. The van der Waals surface area contributed by atoms with Crippen molar-refractivity contribution in [2.24, 2.45) is 16.4 Å². The number of fused-ring (bicyclic) bond motifs is 1. The highest BCUT2D eigenvalue weighted by molar-refractivity contribution is 6.15. The fourth-order valence-corrected chi connectivity index (χ4v) is 3.33. The van der Waals surface area contributed by atoms with Gasteiger partial charge < -0.3 is 5.43 Å². The zero-order valence-electron chi connectivity index (χ0n) is 11.7. The lowest BCUT2D eigenvalue weighted by Crippen LogP contribution is -2.45. The van der Waals surface area contributed by atoms with Crippen LogP contribution in [-0.2, 0) is 4.79 Å². The van der Waals surface area contributed by atoms with E-state index in [9.17, 15) is 4.79 Å². The predicted molar refractivity (Wildman–Crippen MR) is 76.2 cm³/mol. The second-order valence-corrected chi connectivity index (χ2v) is 6.59. The first-order valence-corrected chi connectivity index (χ1v) is 6.89. The van der Waals surface area contributed by atoms with Crippen molar-refractivity contribution in [3.8, 4) is 0 Å². The summed E-state index contributed by atoms with van der Waals surface area (Å²) >= 11 is 0. The number of hydrazone groups is 1. The lowest BCUT2D eigenvalue weighted by Gasteiger charge is -2.36. The number of ketones is 1. The number of hydrogen-bond donors (Lipinski definition) is 1. The van der Waals surface area contributed by atoms with Crippen LogP contribution in [0.3, 0.4) is 0 Å². The molecule has 100 valence electrons. The van der Waals surface area contributed by atoms with Gasteiger partial charge in [-0.25, -0.2) is 0 Å². The van der Waals surface area contributed by atoms with Crippen LogP contribution in [0, 0.1) is 18.3 Å². The molecule has 0 unspecified atom stereocenters.